The summed E-state index contributed by atoms with van der Waals surface area (Å²) in [7, 11) is 1.83. The van der Waals surface area contributed by atoms with Gasteiger partial charge >= 0.3 is 5.51 Å². The summed E-state index contributed by atoms with van der Waals surface area (Å²) < 4.78 is 44.0. The lowest BCUT2D eigenvalue weighted by Crippen LogP contribution is -2.58. The highest BCUT2D eigenvalue weighted by Gasteiger charge is 2.47. The van der Waals surface area contributed by atoms with E-state index in [2.05, 4.69) is 0 Å². The summed E-state index contributed by atoms with van der Waals surface area (Å²) in [6.07, 6.45) is -1.06. The normalized spacial score (nSPS) is 26.4. The van der Waals surface area contributed by atoms with Crippen LogP contribution in [0.5, 0.6) is 5.75 Å². The van der Waals surface area contributed by atoms with Crippen molar-refractivity contribution in [3.8, 4) is 5.75 Å². The number of rotatable bonds is 2. The largest absolute Gasteiger partial charge is 0.485 e. The summed E-state index contributed by atoms with van der Waals surface area (Å²) >= 11 is -0.224. The number of hydrogen-bond donors (Lipinski definition) is 1. The number of halogens is 3. The molecule has 1 N–H and O–H groups in total. The molecule has 0 aromatic heterocycles. The van der Waals surface area contributed by atoms with Crippen LogP contribution in [0.25, 0.3) is 0 Å². The van der Waals surface area contributed by atoms with Gasteiger partial charge in [-0.1, -0.05) is 0 Å². The lowest BCUT2D eigenvalue weighted by molar-refractivity contribution is -0.149. The molecule has 1 amide bonds. The molecule has 26 heavy (non-hydrogen) atoms. The van der Waals surface area contributed by atoms with Crippen molar-refractivity contribution in [2.75, 3.05) is 26.7 Å². The molecule has 0 radical (unpaired) electrons. The van der Waals surface area contributed by atoms with Crippen LogP contribution in [0.4, 0.5) is 13.2 Å². The summed E-state index contributed by atoms with van der Waals surface area (Å²) in [5.41, 5.74) is -4.98. The predicted molar refractivity (Wildman–Crippen MR) is 91.0 cm³/mol. The van der Waals surface area contributed by atoms with E-state index in [9.17, 15) is 23.1 Å². The fraction of sp³-hybridized carbons (Fsp3) is 0.588. The van der Waals surface area contributed by atoms with Crippen molar-refractivity contribution in [3.63, 3.8) is 0 Å². The first-order chi connectivity index (χ1) is 12.0. The van der Waals surface area contributed by atoms with E-state index in [1.165, 1.54) is 18.2 Å². The van der Waals surface area contributed by atoms with Crippen molar-refractivity contribution >= 4 is 17.7 Å². The second kappa shape index (κ2) is 6.61. The maximum atomic E-state index is 12.7. The molecule has 3 rings (SSSR count). The molecule has 2 atom stereocenters. The first kappa shape index (κ1) is 19.3. The van der Waals surface area contributed by atoms with Crippen LogP contribution in [0.1, 0.15) is 25.5 Å². The Hall–Kier alpha value is -1.45. The Kier molecular flexibility index (Phi) is 4.91. The van der Waals surface area contributed by atoms with Gasteiger partial charge in [0, 0.05) is 23.5 Å². The first-order valence-corrected chi connectivity index (χ1v) is 9.04. The Morgan fingerprint density at radius 2 is 2.00 bits per heavy atom. The van der Waals surface area contributed by atoms with E-state index in [1.54, 1.807) is 18.7 Å². The van der Waals surface area contributed by atoms with E-state index in [1.807, 2.05) is 11.9 Å². The van der Waals surface area contributed by atoms with Gasteiger partial charge in [-0.3, -0.25) is 9.69 Å². The molecule has 5 nitrogen and oxygen atoms in total. The van der Waals surface area contributed by atoms with Gasteiger partial charge < -0.3 is 14.7 Å². The van der Waals surface area contributed by atoms with Crippen molar-refractivity contribution in [2.45, 2.75) is 42.0 Å². The van der Waals surface area contributed by atoms with Crippen molar-refractivity contribution in [3.05, 3.63) is 23.8 Å². The average Bonchev–Trinajstić information content (AvgIpc) is 2.49. The van der Waals surface area contributed by atoms with E-state index >= 15 is 0 Å². The molecule has 1 saturated heterocycles. The zero-order chi connectivity index (χ0) is 19.3. The summed E-state index contributed by atoms with van der Waals surface area (Å²) in [6.45, 7) is 4.63. The highest BCUT2D eigenvalue weighted by atomic mass is 32.2. The molecule has 2 aliphatic rings. The van der Waals surface area contributed by atoms with Crippen LogP contribution in [-0.4, -0.2) is 64.7 Å². The SMILES string of the molecule is CN1CCN([C@H]2c3cc(SC(F)(F)F)ccc3OC(C)(C)[C@@H]2O)C(=O)C1. The number of alkyl halides is 3. The predicted octanol–water partition coefficient (Wildman–Crippen LogP) is 2.65. The molecule has 1 aromatic rings. The number of amides is 1. The summed E-state index contributed by atoms with van der Waals surface area (Å²) in [5, 5.41) is 10.8. The van der Waals surface area contributed by atoms with Crippen LogP contribution in [-0.2, 0) is 4.79 Å². The Morgan fingerprint density at radius 1 is 1.31 bits per heavy atom. The molecule has 1 aromatic carbocycles. The molecule has 9 heteroatoms. The topological polar surface area (TPSA) is 53.0 Å². The standard InChI is InChI=1S/C17H21F3N2O3S/c1-16(2)15(24)14(22-7-6-21(3)9-13(22)23)11-8-10(26-17(18,19)20)4-5-12(11)25-16/h4-5,8,14-15,24H,6-7,9H2,1-3H3/t14-,15+/m0/s1. The van der Waals surface area contributed by atoms with Gasteiger partial charge in [0.05, 0.1) is 12.6 Å². The smallest absolute Gasteiger partial charge is 0.446 e. The number of carbonyl (C=O) groups excluding carboxylic acids is 1. The summed E-state index contributed by atoms with van der Waals surface area (Å²) in [4.78, 5) is 15.9. The monoisotopic (exact) mass is 390 g/mol. The molecule has 0 bridgehead atoms. The lowest BCUT2D eigenvalue weighted by Gasteiger charge is -2.48. The van der Waals surface area contributed by atoms with E-state index in [0.29, 0.717) is 24.4 Å². The Morgan fingerprint density at radius 3 is 2.62 bits per heavy atom. The van der Waals surface area contributed by atoms with Crippen LogP contribution in [0.3, 0.4) is 0 Å². The Bertz CT molecular complexity index is 711. The second-order valence-electron chi connectivity index (χ2n) is 7.17. The Balaban J connectivity index is 2.02. The van der Waals surface area contributed by atoms with Gasteiger partial charge in [-0.15, -0.1) is 0 Å². The number of benzene rings is 1. The van der Waals surface area contributed by atoms with Crippen LogP contribution < -0.4 is 4.74 Å². The first-order valence-electron chi connectivity index (χ1n) is 8.23. The zero-order valence-electron chi connectivity index (χ0n) is 14.7. The maximum Gasteiger partial charge on any atom is 0.446 e. The van der Waals surface area contributed by atoms with E-state index in [0.717, 1.165) is 0 Å². The highest BCUT2D eigenvalue weighted by molar-refractivity contribution is 8.00. The maximum absolute atomic E-state index is 12.7. The third-order valence-corrected chi connectivity index (χ3v) is 5.42. The van der Waals surface area contributed by atoms with Gasteiger partial charge in [0.15, 0.2) is 0 Å². The molecule has 0 unspecified atom stereocenters. The number of hydrogen-bond acceptors (Lipinski definition) is 5. The van der Waals surface area contributed by atoms with Crippen molar-refractivity contribution in [2.24, 2.45) is 0 Å². The molecular weight excluding hydrogens is 369 g/mol. The number of aliphatic hydroxyl groups excluding tert-OH is 1. The van der Waals surface area contributed by atoms with Gasteiger partial charge in [-0.2, -0.15) is 13.2 Å². The fourth-order valence-electron chi connectivity index (χ4n) is 3.38. The molecule has 1 fully saturated rings. The average molecular weight is 390 g/mol. The van der Waals surface area contributed by atoms with Gasteiger partial charge in [0.2, 0.25) is 5.91 Å². The summed E-state index contributed by atoms with van der Waals surface area (Å²) in [5.74, 6) is 0.226. The molecule has 2 heterocycles. The fourth-order valence-corrected chi connectivity index (χ4v) is 3.97. The molecular formula is C17H21F3N2O3S. The number of carbonyl (C=O) groups is 1. The molecule has 144 valence electrons. The molecule has 0 spiro atoms. The summed E-state index contributed by atoms with van der Waals surface area (Å²) in [6, 6.07) is 3.43. The quantitative estimate of drug-likeness (QED) is 0.787. The number of fused-ring (bicyclic) bond motifs is 1. The molecule has 0 saturated carbocycles. The van der Waals surface area contributed by atoms with E-state index in [-0.39, 0.29) is 29.1 Å². The second-order valence-corrected chi connectivity index (χ2v) is 8.31. The molecule has 0 aliphatic carbocycles. The van der Waals surface area contributed by atoms with Crippen LogP contribution >= 0.6 is 11.8 Å². The number of likely N-dealkylation sites (N-methyl/N-ethyl adjacent to an activating group) is 1. The highest BCUT2D eigenvalue weighted by Crippen LogP contribution is 2.46. The van der Waals surface area contributed by atoms with Crippen LogP contribution in [0.2, 0.25) is 0 Å². The minimum atomic E-state index is -4.42. The number of ether oxygens (including phenoxy) is 1. The van der Waals surface area contributed by atoms with Crippen LogP contribution in [0.15, 0.2) is 23.1 Å². The van der Waals surface area contributed by atoms with E-state index < -0.39 is 23.3 Å². The van der Waals surface area contributed by atoms with Gasteiger partial charge in [0.25, 0.3) is 0 Å². The van der Waals surface area contributed by atoms with Crippen molar-refractivity contribution in [1.29, 1.82) is 0 Å². The zero-order valence-corrected chi connectivity index (χ0v) is 15.5. The van der Waals surface area contributed by atoms with E-state index in [4.69, 9.17) is 4.74 Å². The molecule has 2 aliphatic heterocycles. The van der Waals surface area contributed by atoms with Gasteiger partial charge in [-0.05, 0) is 50.9 Å². The number of aliphatic hydroxyl groups is 1. The Labute approximate surface area is 154 Å². The van der Waals surface area contributed by atoms with Crippen molar-refractivity contribution < 1.29 is 27.8 Å². The van der Waals surface area contributed by atoms with Gasteiger partial charge in [0.1, 0.15) is 17.5 Å². The van der Waals surface area contributed by atoms with Crippen LogP contribution in [0, 0.1) is 0 Å². The minimum Gasteiger partial charge on any atom is -0.485 e. The number of nitrogens with zero attached hydrogens (tertiary/aromatic N) is 2. The van der Waals surface area contributed by atoms with Gasteiger partial charge in [-0.25, -0.2) is 0 Å². The lowest BCUT2D eigenvalue weighted by atomic mass is 9.85. The number of piperazine rings is 1. The third-order valence-electron chi connectivity index (χ3n) is 4.70. The minimum absolute atomic E-state index is 0.00154. The number of thioether (sulfide) groups is 1. The van der Waals surface area contributed by atoms with Crippen molar-refractivity contribution in [1.82, 2.24) is 9.80 Å². The third kappa shape index (κ3) is 3.79.